The van der Waals surface area contributed by atoms with E-state index in [-0.39, 0.29) is 29.8 Å². The van der Waals surface area contributed by atoms with E-state index < -0.39 is 4.92 Å². The summed E-state index contributed by atoms with van der Waals surface area (Å²) < 4.78 is 4.86. The van der Waals surface area contributed by atoms with Crippen LogP contribution in [0.2, 0.25) is 0 Å². The highest BCUT2D eigenvalue weighted by Crippen LogP contribution is 2.27. The van der Waals surface area contributed by atoms with Crippen LogP contribution in [0.4, 0.5) is 5.69 Å². The number of benzene rings is 1. The van der Waals surface area contributed by atoms with E-state index in [9.17, 15) is 14.9 Å². The Morgan fingerprint density at radius 1 is 1.56 bits per heavy atom. The maximum atomic E-state index is 11.6. The Balaban J connectivity index is 0.00000289. The van der Waals surface area contributed by atoms with Gasteiger partial charge in [0.15, 0.2) is 5.75 Å². The van der Waals surface area contributed by atoms with Gasteiger partial charge in [-0.1, -0.05) is 0 Å². The van der Waals surface area contributed by atoms with Gasteiger partial charge in [0.05, 0.1) is 12.0 Å². The molecule has 18 heavy (non-hydrogen) atoms. The topological polar surface area (TPSA) is 107 Å². The second-order valence-electron chi connectivity index (χ2n) is 3.19. The minimum atomic E-state index is -0.569. The van der Waals surface area contributed by atoms with Crippen molar-refractivity contribution in [3.63, 3.8) is 0 Å². The number of nitro benzene ring substituents is 1. The average molecular weight is 276 g/mol. The number of nitrogens with zero attached hydrogens (tertiary/aromatic N) is 1. The van der Waals surface area contributed by atoms with E-state index in [2.05, 4.69) is 5.32 Å². The zero-order chi connectivity index (χ0) is 12.8. The van der Waals surface area contributed by atoms with Gasteiger partial charge in [-0.3, -0.25) is 14.9 Å². The summed E-state index contributed by atoms with van der Waals surface area (Å²) in [4.78, 5) is 21.6. The number of hydrogen-bond donors (Lipinski definition) is 2. The third-order valence-electron chi connectivity index (χ3n) is 2.07. The summed E-state index contributed by atoms with van der Waals surface area (Å²) in [6, 6.07) is 3.92. The number of nitrogens with one attached hydrogen (secondary N) is 1. The number of halogens is 1. The fourth-order valence-corrected chi connectivity index (χ4v) is 1.26. The molecular weight excluding hydrogens is 262 g/mol. The second kappa shape index (κ2) is 7.46. The molecule has 1 amide bonds. The molecule has 7 nitrogen and oxygen atoms in total. The zero-order valence-corrected chi connectivity index (χ0v) is 10.5. The molecule has 100 valence electrons. The second-order valence-corrected chi connectivity index (χ2v) is 3.19. The first-order chi connectivity index (χ1) is 8.10. The maximum Gasteiger partial charge on any atom is 0.310 e. The van der Waals surface area contributed by atoms with Crippen molar-refractivity contribution in [1.82, 2.24) is 5.32 Å². The molecule has 0 aliphatic heterocycles. The van der Waals surface area contributed by atoms with Gasteiger partial charge in [0.2, 0.25) is 0 Å². The Labute approximate surface area is 110 Å². The lowest BCUT2D eigenvalue weighted by Crippen LogP contribution is -2.28. The molecule has 0 radical (unpaired) electrons. The van der Waals surface area contributed by atoms with Crippen LogP contribution >= 0.6 is 12.4 Å². The third-order valence-corrected chi connectivity index (χ3v) is 2.07. The van der Waals surface area contributed by atoms with E-state index in [0.29, 0.717) is 18.7 Å². The zero-order valence-electron chi connectivity index (χ0n) is 9.71. The highest BCUT2D eigenvalue weighted by molar-refractivity contribution is 5.95. The van der Waals surface area contributed by atoms with Gasteiger partial charge in [0.25, 0.3) is 5.91 Å². The first-order valence-corrected chi connectivity index (χ1v) is 4.91. The van der Waals surface area contributed by atoms with E-state index in [4.69, 9.17) is 10.5 Å². The quantitative estimate of drug-likeness (QED) is 0.608. The lowest BCUT2D eigenvalue weighted by molar-refractivity contribution is -0.385. The number of carbonyl (C=O) groups is 1. The molecule has 0 aliphatic carbocycles. The lowest BCUT2D eigenvalue weighted by atomic mass is 10.2. The number of hydrogen-bond acceptors (Lipinski definition) is 5. The van der Waals surface area contributed by atoms with E-state index in [0.717, 1.165) is 0 Å². The van der Waals surface area contributed by atoms with Crippen molar-refractivity contribution in [3.05, 3.63) is 33.9 Å². The standard InChI is InChI=1S/C10H13N3O4.ClH/c1-17-9-6-7(10(14)12-5-4-11)2-3-8(9)13(15)16;/h2-3,6H,4-5,11H2,1H3,(H,12,14);1H. The van der Waals surface area contributed by atoms with Gasteiger partial charge in [-0.05, 0) is 6.07 Å². The van der Waals surface area contributed by atoms with E-state index in [1.54, 1.807) is 0 Å². The highest BCUT2D eigenvalue weighted by atomic mass is 35.5. The van der Waals surface area contributed by atoms with Crippen LogP contribution in [0.1, 0.15) is 10.4 Å². The number of ether oxygens (including phenoxy) is 1. The monoisotopic (exact) mass is 275 g/mol. The molecule has 0 saturated carbocycles. The van der Waals surface area contributed by atoms with Crippen LogP contribution in [0.15, 0.2) is 18.2 Å². The SMILES string of the molecule is COc1cc(C(=O)NCCN)ccc1[N+](=O)[O-].Cl. The number of amides is 1. The minimum Gasteiger partial charge on any atom is -0.490 e. The van der Waals surface area contributed by atoms with Crippen LogP contribution < -0.4 is 15.8 Å². The van der Waals surface area contributed by atoms with Crippen molar-refractivity contribution >= 4 is 24.0 Å². The van der Waals surface area contributed by atoms with Crippen LogP contribution in [0.5, 0.6) is 5.75 Å². The first kappa shape index (κ1) is 16.1. The molecule has 0 bridgehead atoms. The molecular formula is C10H14ClN3O4. The molecule has 0 aromatic heterocycles. The van der Waals surface area contributed by atoms with Crippen LogP contribution in [0, 0.1) is 10.1 Å². The van der Waals surface area contributed by atoms with E-state index in [1.807, 2.05) is 0 Å². The van der Waals surface area contributed by atoms with Crippen molar-refractivity contribution in [1.29, 1.82) is 0 Å². The number of rotatable bonds is 5. The first-order valence-electron chi connectivity index (χ1n) is 4.91. The average Bonchev–Trinajstić information content (AvgIpc) is 2.34. The molecule has 3 N–H and O–H groups in total. The summed E-state index contributed by atoms with van der Waals surface area (Å²) >= 11 is 0. The van der Waals surface area contributed by atoms with Gasteiger partial charge in [0, 0.05) is 30.8 Å². The van der Waals surface area contributed by atoms with Gasteiger partial charge >= 0.3 is 5.69 Å². The Morgan fingerprint density at radius 2 is 2.22 bits per heavy atom. The van der Waals surface area contributed by atoms with Crippen molar-refractivity contribution in [2.45, 2.75) is 0 Å². The summed E-state index contributed by atoms with van der Waals surface area (Å²) in [6.45, 7) is 0.675. The summed E-state index contributed by atoms with van der Waals surface area (Å²) in [5.41, 5.74) is 5.36. The number of carbonyl (C=O) groups excluding carboxylic acids is 1. The molecule has 1 rings (SSSR count). The van der Waals surface area contributed by atoms with Crippen LogP contribution in [0.3, 0.4) is 0 Å². The van der Waals surface area contributed by atoms with E-state index >= 15 is 0 Å². The third kappa shape index (κ3) is 3.86. The largest absolute Gasteiger partial charge is 0.490 e. The van der Waals surface area contributed by atoms with Crippen LogP contribution in [0.25, 0.3) is 0 Å². The smallest absolute Gasteiger partial charge is 0.310 e. The predicted octanol–water partition coefficient (Wildman–Crippen LogP) is 0.714. The van der Waals surface area contributed by atoms with Crippen molar-refractivity contribution < 1.29 is 14.5 Å². The molecule has 0 unspecified atom stereocenters. The van der Waals surface area contributed by atoms with E-state index in [1.165, 1.54) is 25.3 Å². The Morgan fingerprint density at radius 3 is 2.72 bits per heavy atom. The number of nitro groups is 1. The van der Waals surface area contributed by atoms with Crippen molar-refractivity contribution in [2.75, 3.05) is 20.2 Å². The normalized spacial score (nSPS) is 9.22. The lowest BCUT2D eigenvalue weighted by Gasteiger charge is -2.06. The summed E-state index contributed by atoms with van der Waals surface area (Å²) in [6.07, 6.45) is 0. The molecule has 0 saturated heterocycles. The van der Waals surface area contributed by atoms with Crippen LogP contribution in [-0.4, -0.2) is 31.0 Å². The van der Waals surface area contributed by atoms with Gasteiger partial charge in [-0.2, -0.15) is 0 Å². The minimum absolute atomic E-state index is 0. The van der Waals surface area contributed by atoms with Gasteiger partial charge in [0.1, 0.15) is 0 Å². The number of methoxy groups -OCH3 is 1. The molecule has 1 aromatic rings. The predicted molar refractivity (Wildman–Crippen MR) is 68.3 cm³/mol. The molecule has 8 heteroatoms. The van der Waals surface area contributed by atoms with Gasteiger partial charge in [-0.15, -0.1) is 12.4 Å². The molecule has 1 aromatic carbocycles. The maximum absolute atomic E-state index is 11.6. The highest BCUT2D eigenvalue weighted by Gasteiger charge is 2.16. The fraction of sp³-hybridized carbons (Fsp3) is 0.300. The molecule has 0 spiro atoms. The molecule has 0 heterocycles. The van der Waals surface area contributed by atoms with Crippen molar-refractivity contribution in [2.24, 2.45) is 5.73 Å². The number of nitrogens with two attached hydrogens (primary N) is 1. The summed E-state index contributed by atoms with van der Waals surface area (Å²) in [5, 5.41) is 13.2. The molecule has 0 aliphatic rings. The van der Waals surface area contributed by atoms with Crippen molar-refractivity contribution in [3.8, 4) is 5.75 Å². The Bertz CT molecular complexity index is 439. The van der Waals surface area contributed by atoms with Gasteiger partial charge < -0.3 is 15.8 Å². The summed E-state index contributed by atoms with van der Waals surface area (Å²) in [7, 11) is 1.31. The molecule has 0 fully saturated rings. The Hall–Kier alpha value is -1.86. The summed E-state index contributed by atoms with van der Waals surface area (Å²) in [5.74, 6) is -0.293. The van der Waals surface area contributed by atoms with Gasteiger partial charge in [-0.25, -0.2) is 0 Å². The Kier molecular flexibility index (Phi) is 6.69. The van der Waals surface area contributed by atoms with Crippen LogP contribution in [-0.2, 0) is 0 Å². The molecule has 0 atom stereocenters. The fourth-order valence-electron chi connectivity index (χ4n) is 1.26.